The first-order valence-electron chi connectivity index (χ1n) is 9.53. The summed E-state index contributed by atoms with van der Waals surface area (Å²) in [6.07, 6.45) is -2.74. The lowest BCUT2D eigenvalue weighted by atomic mass is 9.91. The highest BCUT2D eigenvalue weighted by Crippen LogP contribution is 2.28. The van der Waals surface area contributed by atoms with E-state index in [2.05, 4.69) is 0 Å². The minimum Gasteiger partial charge on any atom is -0.466 e. The highest BCUT2D eigenvalue weighted by atomic mass is 16.6. The molecule has 1 heterocycles. The van der Waals surface area contributed by atoms with Crippen LogP contribution in [-0.4, -0.2) is 85.4 Å². The number of rotatable bonds is 9. The molecule has 11 heteroatoms. The second kappa shape index (κ2) is 12.1. The van der Waals surface area contributed by atoms with Gasteiger partial charge in [-0.2, -0.15) is 0 Å². The quantitative estimate of drug-likeness (QED) is 0.360. The first-order chi connectivity index (χ1) is 14.0. The molecule has 0 N–H and O–H groups in total. The Morgan fingerprint density at radius 1 is 0.700 bits per heavy atom. The Hall–Kier alpha value is -2.69. The lowest BCUT2D eigenvalue weighted by molar-refractivity contribution is -0.205. The van der Waals surface area contributed by atoms with Crippen LogP contribution >= 0.6 is 0 Å². The van der Waals surface area contributed by atoms with Gasteiger partial charge in [-0.05, 0) is 0 Å². The van der Waals surface area contributed by atoms with E-state index in [-0.39, 0.29) is 32.7 Å². The topological polar surface area (TPSA) is 135 Å². The van der Waals surface area contributed by atoms with Gasteiger partial charge in [-0.25, -0.2) is 0 Å². The first kappa shape index (κ1) is 25.3. The van der Waals surface area contributed by atoms with Crippen molar-refractivity contribution in [3.05, 3.63) is 0 Å². The summed E-state index contributed by atoms with van der Waals surface area (Å²) >= 11 is 0. The summed E-state index contributed by atoms with van der Waals surface area (Å²) in [6, 6.07) is -0.556. The summed E-state index contributed by atoms with van der Waals surface area (Å²) in [5.74, 6) is -2.80. The van der Waals surface area contributed by atoms with E-state index in [4.69, 9.17) is 23.7 Å². The van der Waals surface area contributed by atoms with E-state index in [1.807, 2.05) is 0 Å². The van der Waals surface area contributed by atoms with Crippen LogP contribution in [0.25, 0.3) is 0 Å². The van der Waals surface area contributed by atoms with Crippen LogP contribution in [0.1, 0.15) is 41.0 Å². The number of likely N-dealkylation sites (tertiary alicyclic amines) is 1. The van der Waals surface area contributed by atoms with Crippen LogP contribution in [0.4, 0.5) is 0 Å². The van der Waals surface area contributed by atoms with Crippen molar-refractivity contribution in [2.24, 2.45) is 0 Å². The molecule has 0 saturated carbocycles. The number of carbonyl (C=O) groups is 5. The summed E-state index contributed by atoms with van der Waals surface area (Å²) in [6.45, 7) is 6.55. The molecular weight excluding hydrogens is 402 g/mol. The van der Waals surface area contributed by atoms with E-state index in [1.54, 1.807) is 4.90 Å². The molecule has 170 valence electrons. The summed E-state index contributed by atoms with van der Waals surface area (Å²) in [7, 11) is 0. The molecule has 4 atom stereocenters. The summed E-state index contributed by atoms with van der Waals surface area (Å²) < 4.78 is 26.1. The van der Waals surface area contributed by atoms with E-state index < -0.39 is 54.2 Å². The average Bonchev–Trinajstić information content (AvgIpc) is 2.58. The zero-order chi connectivity index (χ0) is 22.8. The highest BCUT2D eigenvalue weighted by Gasteiger charge is 2.49. The Morgan fingerprint density at radius 2 is 1.20 bits per heavy atom. The molecular formula is C19H29NO10. The zero-order valence-electron chi connectivity index (χ0n) is 17.9. The molecule has 1 saturated heterocycles. The van der Waals surface area contributed by atoms with Crippen LogP contribution in [0.2, 0.25) is 0 Å². The number of ether oxygens (including phenoxy) is 5. The number of esters is 5. The summed E-state index contributed by atoms with van der Waals surface area (Å²) in [5.41, 5.74) is 0. The predicted molar refractivity (Wildman–Crippen MR) is 99.9 cm³/mol. The van der Waals surface area contributed by atoms with Gasteiger partial charge in [-0.3, -0.25) is 28.9 Å². The zero-order valence-corrected chi connectivity index (χ0v) is 17.9. The van der Waals surface area contributed by atoms with Crippen LogP contribution in [0.5, 0.6) is 0 Å². The fraction of sp³-hybridized carbons (Fsp3) is 0.737. The molecule has 1 fully saturated rings. The Morgan fingerprint density at radius 3 is 1.70 bits per heavy atom. The lowest BCUT2D eigenvalue weighted by Crippen LogP contribution is -2.64. The molecule has 11 nitrogen and oxygen atoms in total. The van der Waals surface area contributed by atoms with Crippen LogP contribution < -0.4 is 0 Å². The van der Waals surface area contributed by atoms with Gasteiger partial charge in [0.1, 0.15) is 6.61 Å². The molecule has 1 aliphatic heterocycles. The number of carbonyl (C=O) groups excluding carboxylic acids is 5. The van der Waals surface area contributed by atoms with Crippen molar-refractivity contribution in [2.75, 3.05) is 26.3 Å². The smallest absolute Gasteiger partial charge is 0.303 e. The number of nitrogens with zero attached hydrogens (tertiary/aromatic N) is 1. The maximum Gasteiger partial charge on any atom is 0.303 e. The molecule has 1 rings (SSSR count). The molecule has 30 heavy (non-hydrogen) atoms. The van der Waals surface area contributed by atoms with Gasteiger partial charge in [0.25, 0.3) is 0 Å². The second-order valence-electron chi connectivity index (χ2n) is 6.83. The number of hydrogen-bond donors (Lipinski definition) is 0. The molecule has 0 unspecified atom stereocenters. The van der Waals surface area contributed by atoms with Gasteiger partial charge in [0.15, 0.2) is 18.3 Å². The third kappa shape index (κ3) is 8.76. The third-order valence-corrected chi connectivity index (χ3v) is 4.28. The Labute approximate surface area is 174 Å². The Kier molecular flexibility index (Phi) is 10.2. The third-order valence-electron chi connectivity index (χ3n) is 4.28. The standard InChI is InChI=1S/C19H29NO10/c1-11(21)26-8-6-16-18(29-14(4)24)19(30-15(5)25)17(28-13(3)23)10-20(16)7-9-27-12(2)22/h16-19H,6-10H2,1-5H3/t16-,17-,18+,19+/m0/s1. The van der Waals surface area contributed by atoms with Gasteiger partial charge in [-0.15, -0.1) is 0 Å². The van der Waals surface area contributed by atoms with E-state index in [0.717, 1.165) is 0 Å². The van der Waals surface area contributed by atoms with Crippen molar-refractivity contribution in [3.8, 4) is 0 Å². The minimum absolute atomic E-state index is 0.0207. The van der Waals surface area contributed by atoms with Crippen LogP contribution in [0, 0.1) is 0 Å². The van der Waals surface area contributed by atoms with Gasteiger partial charge in [-0.1, -0.05) is 0 Å². The average molecular weight is 431 g/mol. The second-order valence-corrected chi connectivity index (χ2v) is 6.83. The maximum absolute atomic E-state index is 11.8. The van der Waals surface area contributed by atoms with Crippen molar-refractivity contribution >= 4 is 29.8 Å². The predicted octanol–water partition coefficient (Wildman–Crippen LogP) is -0.0180. The maximum atomic E-state index is 11.8. The molecule has 0 spiro atoms. The summed E-state index contributed by atoms with van der Waals surface area (Å²) in [5, 5.41) is 0. The number of hydrogen-bond acceptors (Lipinski definition) is 11. The van der Waals surface area contributed by atoms with Gasteiger partial charge >= 0.3 is 29.8 Å². The molecule has 0 aliphatic carbocycles. The molecule has 0 amide bonds. The van der Waals surface area contributed by atoms with Crippen molar-refractivity contribution in [3.63, 3.8) is 0 Å². The van der Waals surface area contributed by atoms with Crippen molar-refractivity contribution in [2.45, 2.75) is 65.4 Å². The Bertz CT molecular complexity index is 649. The lowest BCUT2D eigenvalue weighted by Gasteiger charge is -2.47. The van der Waals surface area contributed by atoms with Gasteiger partial charge in [0.05, 0.1) is 12.6 Å². The fourth-order valence-corrected chi connectivity index (χ4v) is 3.33. The van der Waals surface area contributed by atoms with E-state index in [1.165, 1.54) is 34.6 Å². The highest BCUT2D eigenvalue weighted by molar-refractivity contribution is 5.68. The molecule has 0 bridgehead atoms. The van der Waals surface area contributed by atoms with Gasteiger partial charge in [0.2, 0.25) is 0 Å². The van der Waals surface area contributed by atoms with Gasteiger partial charge in [0, 0.05) is 54.1 Å². The molecule has 1 aliphatic rings. The van der Waals surface area contributed by atoms with E-state index >= 15 is 0 Å². The normalized spacial score (nSPS) is 23.8. The first-order valence-corrected chi connectivity index (χ1v) is 9.53. The SMILES string of the molecule is CC(=O)OCC[C@H]1[C@@H](OC(C)=O)[C@H](OC(C)=O)[C@@H](OC(C)=O)CN1CCOC(C)=O. The molecule has 0 aromatic heterocycles. The van der Waals surface area contributed by atoms with E-state index in [0.29, 0.717) is 0 Å². The monoisotopic (exact) mass is 431 g/mol. The van der Waals surface area contributed by atoms with Crippen molar-refractivity contribution in [1.29, 1.82) is 0 Å². The van der Waals surface area contributed by atoms with Crippen LogP contribution in [-0.2, 0) is 47.7 Å². The fourth-order valence-electron chi connectivity index (χ4n) is 3.33. The van der Waals surface area contributed by atoms with E-state index in [9.17, 15) is 24.0 Å². The summed E-state index contributed by atoms with van der Waals surface area (Å²) in [4.78, 5) is 59.1. The Balaban J connectivity index is 3.21. The largest absolute Gasteiger partial charge is 0.466 e. The van der Waals surface area contributed by atoms with Crippen molar-refractivity contribution in [1.82, 2.24) is 4.90 Å². The molecule has 0 radical (unpaired) electrons. The van der Waals surface area contributed by atoms with Crippen molar-refractivity contribution < 1.29 is 47.7 Å². The molecule has 0 aromatic rings. The van der Waals surface area contributed by atoms with Crippen LogP contribution in [0.15, 0.2) is 0 Å². The van der Waals surface area contributed by atoms with Gasteiger partial charge < -0.3 is 23.7 Å². The molecule has 0 aromatic carbocycles. The minimum atomic E-state index is -1.05. The van der Waals surface area contributed by atoms with Crippen LogP contribution in [0.3, 0.4) is 0 Å². The number of piperidine rings is 1.